The third kappa shape index (κ3) is 6.12. The van der Waals surface area contributed by atoms with Crippen molar-refractivity contribution in [3.05, 3.63) is 74.7 Å². The van der Waals surface area contributed by atoms with Crippen molar-refractivity contribution in [1.82, 2.24) is 0 Å². The molecule has 0 aliphatic heterocycles. The largest absolute Gasteiger partial charge is 0.481 e. The summed E-state index contributed by atoms with van der Waals surface area (Å²) < 4.78 is 10.9. The number of hydrogen-bond acceptors (Lipinski definition) is 6. The van der Waals surface area contributed by atoms with Crippen LogP contribution in [0, 0.1) is 34.6 Å². The molecule has 7 nitrogen and oxygen atoms in total. The minimum atomic E-state index is -0.742. The van der Waals surface area contributed by atoms with Crippen LogP contribution in [0.15, 0.2) is 36.4 Å². The van der Waals surface area contributed by atoms with Crippen molar-refractivity contribution >= 4 is 39.8 Å². The minimum Gasteiger partial charge on any atom is -0.481 e. The number of hydrogen-bond donors (Lipinski definition) is 2. The lowest BCUT2D eigenvalue weighted by Crippen LogP contribution is -2.30. The number of ether oxygens (including phenoxy) is 2. The van der Waals surface area contributed by atoms with Crippen molar-refractivity contribution in [1.29, 1.82) is 0 Å². The van der Waals surface area contributed by atoms with E-state index in [9.17, 15) is 14.4 Å². The van der Waals surface area contributed by atoms with Gasteiger partial charge in [-0.15, -0.1) is 11.3 Å². The van der Waals surface area contributed by atoms with E-state index in [1.165, 1.54) is 11.3 Å². The van der Waals surface area contributed by atoms with E-state index in [2.05, 4.69) is 10.6 Å². The monoisotopic (exact) mass is 508 g/mol. The Morgan fingerprint density at radius 3 is 2.14 bits per heavy atom. The highest BCUT2D eigenvalue weighted by molar-refractivity contribution is 7.16. The lowest BCUT2D eigenvalue weighted by molar-refractivity contribution is -0.122. The van der Waals surface area contributed by atoms with Gasteiger partial charge in [-0.1, -0.05) is 17.7 Å². The second-order valence-electron chi connectivity index (χ2n) is 8.71. The quantitative estimate of drug-likeness (QED) is 0.357. The Hall–Kier alpha value is -3.65. The van der Waals surface area contributed by atoms with E-state index in [0.717, 1.165) is 32.8 Å². The van der Waals surface area contributed by atoms with Crippen molar-refractivity contribution in [3.8, 4) is 5.75 Å². The third-order valence-electron chi connectivity index (χ3n) is 5.82. The molecule has 36 heavy (non-hydrogen) atoms. The fourth-order valence-electron chi connectivity index (χ4n) is 3.88. The van der Waals surface area contributed by atoms with Crippen LogP contribution in [-0.4, -0.2) is 30.5 Å². The predicted molar refractivity (Wildman–Crippen MR) is 144 cm³/mol. The van der Waals surface area contributed by atoms with Crippen LogP contribution in [-0.2, 0) is 9.53 Å². The molecule has 0 spiro atoms. The SMILES string of the molecule is CCOC(=O)c1c(NC(=O)c2ccc(OC(C)C(=O)Nc3c(C)cc(C)cc3C)cc2)sc(C)c1C. The van der Waals surface area contributed by atoms with Crippen molar-refractivity contribution in [3.63, 3.8) is 0 Å². The second kappa shape index (κ2) is 11.4. The summed E-state index contributed by atoms with van der Waals surface area (Å²) in [7, 11) is 0. The maximum absolute atomic E-state index is 12.8. The molecule has 3 rings (SSSR count). The zero-order valence-corrected chi connectivity index (χ0v) is 22.5. The Bertz CT molecular complexity index is 1270. The molecule has 2 amide bonds. The van der Waals surface area contributed by atoms with Gasteiger partial charge in [-0.3, -0.25) is 9.59 Å². The summed E-state index contributed by atoms with van der Waals surface area (Å²) in [6, 6.07) is 10.5. The number of nitrogens with one attached hydrogen (secondary N) is 2. The predicted octanol–water partition coefficient (Wildman–Crippen LogP) is 6.13. The molecule has 0 saturated heterocycles. The van der Waals surface area contributed by atoms with E-state index in [1.807, 2.05) is 46.8 Å². The Kier molecular flexibility index (Phi) is 8.53. The topological polar surface area (TPSA) is 93.7 Å². The molecule has 1 aromatic heterocycles. The van der Waals surface area contributed by atoms with E-state index < -0.39 is 12.1 Å². The fraction of sp³-hybridized carbons (Fsp3) is 0.321. The average molecular weight is 509 g/mol. The highest BCUT2D eigenvalue weighted by atomic mass is 32.1. The summed E-state index contributed by atoms with van der Waals surface area (Å²) in [6.45, 7) is 13.3. The number of aryl methyl sites for hydroxylation is 4. The first-order chi connectivity index (χ1) is 17.0. The first-order valence-corrected chi connectivity index (χ1v) is 12.6. The summed E-state index contributed by atoms with van der Waals surface area (Å²) in [4.78, 5) is 38.9. The summed E-state index contributed by atoms with van der Waals surface area (Å²) in [5.41, 5.74) is 5.47. The van der Waals surface area contributed by atoms with E-state index in [0.29, 0.717) is 21.9 Å². The van der Waals surface area contributed by atoms with Crippen LogP contribution in [0.25, 0.3) is 0 Å². The van der Waals surface area contributed by atoms with Gasteiger partial charge < -0.3 is 20.1 Å². The molecule has 0 aliphatic rings. The molecular weight excluding hydrogens is 476 g/mol. The van der Waals surface area contributed by atoms with Gasteiger partial charge in [0, 0.05) is 16.1 Å². The first kappa shape index (κ1) is 26.9. The van der Waals surface area contributed by atoms with Crippen LogP contribution in [0.2, 0.25) is 0 Å². The van der Waals surface area contributed by atoms with Crippen LogP contribution < -0.4 is 15.4 Å². The van der Waals surface area contributed by atoms with Crippen molar-refractivity contribution in [2.45, 2.75) is 54.6 Å². The highest BCUT2D eigenvalue weighted by Crippen LogP contribution is 2.33. The number of esters is 1. The van der Waals surface area contributed by atoms with Gasteiger partial charge in [0.05, 0.1) is 12.2 Å². The van der Waals surface area contributed by atoms with E-state index >= 15 is 0 Å². The van der Waals surface area contributed by atoms with Gasteiger partial charge in [0.1, 0.15) is 10.8 Å². The number of carbonyl (C=O) groups is 3. The number of carbonyl (C=O) groups excluding carboxylic acids is 3. The molecular formula is C28H32N2O5S. The Labute approximate surface area is 215 Å². The lowest BCUT2D eigenvalue weighted by atomic mass is 10.0. The Morgan fingerprint density at radius 2 is 1.56 bits per heavy atom. The average Bonchev–Trinajstić information content (AvgIpc) is 3.09. The molecule has 0 radical (unpaired) electrons. The van der Waals surface area contributed by atoms with Crippen molar-refractivity contribution in [2.75, 3.05) is 17.2 Å². The number of amides is 2. The maximum Gasteiger partial charge on any atom is 0.341 e. The van der Waals surface area contributed by atoms with Gasteiger partial charge >= 0.3 is 5.97 Å². The molecule has 0 fully saturated rings. The van der Waals surface area contributed by atoms with Crippen molar-refractivity contribution < 1.29 is 23.9 Å². The van der Waals surface area contributed by atoms with Gasteiger partial charge in [-0.05, 0) is 89.4 Å². The molecule has 2 aromatic carbocycles. The van der Waals surface area contributed by atoms with Gasteiger partial charge in [0.2, 0.25) is 0 Å². The molecule has 0 saturated carbocycles. The minimum absolute atomic E-state index is 0.253. The number of thiophene rings is 1. The summed E-state index contributed by atoms with van der Waals surface area (Å²) in [5, 5.41) is 6.23. The van der Waals surface area contributed by atoms with E-state index in [-0.39, 0.29) is 18.4 Å². The number of anilines is 2. The van der Waals surface area contributed by atoms with Gasteiger partial charge in [-0.2, -0.15) is 0 Å². The molecule has 1 unspecified atom stereocenters. The molecule has 1 heterocycles. The van der Waals surface area contributed by atoms with E-state index in [4.69, 9.17) is 9.47 Å². The molecule has 1 atom stereocenters. The Morgan fingerprint density at radius 1 is 0.944 bits per heavy atom. The van der Waals surface area contributed by atoms with Crippen LogP contribution in [0.3, 0.4) is 0 Å². The second-order valence-corrected chi connectivity index (χ2v) is 9.93. The zero-order valence-electron chi connectivity index (χ0n) is 21.7. The Balaban J connectivity index is 1.66. The number of rotatable bonds is 8. The van der Waals surface area contributed by atoms with Crippen LogP contribution in [0.5, 0.6) is 5.75 Å². The summed E-state index contributed by atoms with van der Waals surface area (Å²) in [6.07, 6.45) is -0.742. The first-order valence-electron chi connectivity index (χ1n) is 11.8. The molecule has 0 bridgehead atoms. The molecule has 190 valence electrons. The van der Waals surface area contributed by atoms with Gasteiger partial charge in [-0.25, -0.2) is 4.79 Å². The fourth-order valence-corrected chi connectivity index (χ4v) is 4.93. The lowest BCUT2D eigenvalue weighted by Gasteiger charge is -2.18. The van der Waals surface area contributed by atoms with Crippen molar-refractivity contribution in [2.24, 2.45) is 0 Å². The summed E-state index contributed by atoms with van der Waals surface area (Å²) in [5.74, 6) is -0.616. The van der Waals surface area contributed by atoms with Gasteiger partial charge in [0.15, 0.2) is 6.10 Å². The third-order valence-corrected chi connectivity index (χ3v) is 6.94. The molecule has 2 N–H and O–H groups in total. The zero-order chi connectivity index (χ0) is 26.6. The molecule has 3 aromatic rings. The smallest absolute Gasteiger partial charge is 0.341 e. The van der Waals surface area contributed by atoms with Crippen LogP contribution in [0.1, 0.15) is 61.7 Å². The van der Waals surface area contributed by atoms with Crippen LogP contribution >= 0.6 is 11.3 Å². The standard InChI is InChI=1S/C28H32N2O5S/c1-8-34-28(33)23-18(5)20(7)36-27(23)30-26(32)21-9-11-22(12-10-21)35-19(6)25(31)29-24-16(3)13-15(2)14-17(24)4/h9-14,19H,8H2,1-7H3,(H,29,31)(H,30,32). The molecule has 0 aliphatic carbocycles. The van der Waals surface area contributed by atoms with Gasteiger partial charge in [0.25, 0.3) is 11.8 Å². The van der Waals surface area contributed by atoms with Crippen LogP contribution in [0.4, 0.5) is 10.7 Å². The summed E-state index contributed by atoms with van der Waals surface area (Å²) >= 11 is 1.33. The number of benzene rings is 2. The highest BCUT2D eigenvalue weighted by Gasteiger charge is 2.23. The van der Waals surface area contributed by atoms with E-state index in [1.54, 1.807) is 38.1 Å². The molecule has 8 heteroatoms. The maximum atomic E-state index is 12.8. The normalized spacial score (nSPS) is 11.5.